The number of hydrogen-bond donors (Lipinski definition) is 0. The number of rotatable bonds is 6. The van der Waals surface area contributed by atoms with Gasteiger partial charge in [-0.15, -0.1) is 0 Å². The molecular formula is C24H28BrN3O2. The van der Waals surface area contributed by atoms with Crippen molar-refractivity contribution in [2.75, 3.05) is 7.11 Å². The number of ether oxygens (including phenoxy) is 1. The fraction of sp³-hybridized carbons (Fsp3) is 0.375. The predicted molar refractivity (Wildman–Crippen MR) is 127 cm³/mol. The van der Waals surface area contributed by atoms with Crippen LogP contribution in [0.15, 0.2) is 44.7 Å². The van der Waals surface area contributed by atoms with Crippen LogP contribution in [0.25, 0.3) is 10.9 Å². The van der Waals surface area contributed by atoms with Gasteiger partial charge in [-0.2, -0.15) is 9.78 Å². The van der Waals surface area contributed by atoms with Crippen LogP contribution in [0.2, 0.25) is 0 Å². The third-order valence-electron chi connectivity index (χ3n) is 5.44. The monoisotopic (exact) mass is 469 g/mol. The third kappa shape index (κ3) is 4.33. The van der Waals surface area contributed by atoms with Crippen molar-refractivity contribution in [3.8, 4) is 5.75 Å². The maximum atomic E-state index is 13.3. The third-order valence-corrected chi connectivity index (χ3v) is 5.93. The summed E-state index contributed by atoms with van der Waals surface area (Å²) in [6.07, 6.45) is 2.61. The van der Waals surface area contributed by atoms with Gasteiger partial charge in [0.25, 0.3) is 5.56 Å². The molecule has 0 amide bonds. The van der Waals surface area contributed by atoms with Crippen molar-refractivity contribution in [1.29, 1.82) is 0 Å². The number of benzene rings is 2. The molecule has 0 aliphatic heterocycles. The maximum Gasteiger partial charge on any atom is 0.282 e. The van der Waals surface area contributed by atoms with E-state index in [0.717, 1.165) is 33.3 Å². The van der Waals surface area contributed by atoms with Crippen molar-refractivity contribution in [1.82, 2.24) is 9.66 Å². The number of nitrogens with zero attached hydrogens (tertiary/aromatic N) is 3. The van der Waals surface area contributed by atoms with Crippen LogP contribution in [0.4, 0.5) is 0 Å². The van der Waals surface area contributed by atoms with Crippen molar-refractivity contribution in [2.24, 2.45) is 5.10 Å². The molecular weight excluding hydrogens is 442 g/mol. The molecule has 0 saturated heterocycles. The zero-order chi connectivity index (χ0) is 22.0. The highest BCUT2D eigenvalue weighted by Crippen LogP contribution is 2.29. The van der Waals surface area contributed by atoms with E-state index in [-0.39, 0.29) is 11.5 Å². The summed E-state index contributed by atoms with van der Waals surface area (Å²) in [5.41, 5.74) is 3.63. The first-order valence-electron chi connectivity index (χ1n) is 10.2. The molecule has 6 heteroatoms. The lowest BCUT2D eigenvalue weighted by Crippen LogP contribution is -2.23. The van der Waals surface area contributed by atoms with E-state index in [1.54, 1.807) is 19.4 Å². The van der Waals surface area contributed by atoms with Gasteiger partial charge in [0.1, 0.15) is 11.6 Å². The smallest absolute Gasteiger partial charge is 0.282 e. The van der Waals surface area contributed by atoms with E-state index >= 15 is 0 Å². The van der Waals surface area contributed by atoms with Gasteiger partial charge in [-0.1, -0.05) is 43.6 Å². The molecule has 0 fully saturated rings. The summed E-state index contributed by atoms with van der Waals surface area (Å²) in [7, 11) is 1.69. The molecule has 0 spiro atoms. The standard InChI is InChI=1S/C24H28BrN3O2/c1-7-15(4)23-27-21-9-8-18(25)12-20(21)24(29)28(23)26-13-17-11-19(14(2)3)22(30-6)10-16(17)5/h8-15H,7H2,1-6H3/t15-/m1/s1. The Morgan fingerprint density at radius 3 is 2.60 bits per heavy atom. The maximum absolute atomic E-state index is 13.3. The second kappa shape index (κ2) is 9.13. The van der Waals surface area contributed by atoms with Gasteiger partial charge in [-0.3, -0.25) is 4.79 Å². The molecule has 3 rings (SSSR count). The summed E-state index contributed by atoms with van der Waals surface area (Å²) in [5.74, 6) is 1.95. The second-order valence-electron chi connectivity index (χ2n) is 7.91. The van der Waals surface area contributed by atoms with Gasteiger partial charge >= 0.3 is 0 Å². The molecule has 3 aromatic rings. The minimum atomic E-state index is -0.164. The SMILES string of the molecule is CC[C@@H](C)c1nc2ccc(Br)cc2c(=O)n1N=Cc1cc(C(C)C)c(OC)cc1C. The first-order chi connectivity index (χ1) is 14.3. The average molecular weight is 470 g/mol. The number of methoxy groups -OCH3 is 1. The summed E-state index contributed by atoms with van der Waals surface area (Å²) in [4.78, 5) is 18.0. The van der Waals surface area contributed by atoms with Crippen LogP contribution in [0, 0.1) is 6.92 Å². The molecule has 0 bridgehead atoms. The highest BCUT2D eigenvalue weighted by Gasteiger charge is 2.16. The Kier molecular flexibility index (Phi) is 6.76. The Bertz CT molecular complexity index is 1170. The van der Waals surface area contributed by atoms with E-state index in [9.17, 15) is 4.79 Å². The average Bonchev–Trinajstić information content (AvgIpc) is 2.73. The molecule has 158 valence electrons. The van der Waals surface area contributed by atoms with Gasteiger partial charge < -0.3 is 4.74 Å². The largest absolute Gasteiger partial charge is 0.496 e. The van der Waals surface area contributed by atoms with E-state index in [1.165, 1.54) is 4.68 Å². The van der Waals surface area contributed by atoms with Crippen LogP contribution in [-0.4, -0.2) is 23.0 Å². The predicted octanol–water partition coefficient (Wildman–Crippen LogP) is 6.00. The number of halogens is 1. The molecule has 0 aliphatic carbocycles. The van der Waals surface area contributed by atoms with Crippen molar-refractivity contribution >= 4 is 33.0 Å². The molecule has 1 atom stereocenters. The zero-order valence-electron chi connectivity index (χ0n) is 18.4. The lowest BCUT2D eigenvalue weighted by Gasteiger charge is -2.15. The second-order valence-corrected chi connectivity index (χ2v) is 8.82. The highest BCUT2D eigenvalue weighted by molar-refractivity contribution is 9.10. The molecule has 30 heavy (non-hydrogen) atoms. The Morgan fingerprint density at radius 1 is 1.23 bits per heavy atom. The first kappa shape index (κ1) is 22.2. The van der Waals surface area contributed by atoms with E-state index in [2.05, 4.69) is 54.8 Å². The number of hydrogen-bond acceptors (Lipinski definition) is 4. The van der Waals surface area contributed by atoms with E-state index < -0.39 is 0 Å². The molecule has 1 heterocycles. The molecule has 0 saturated carbocycles. The zero-order valence-corrected chi connectivity index (χ0v) is 19.9. The van der Waals surface area contributed by atoms with Crippen LogP contribution in [0.3, 0.4) is 0 Å². The molecule has 1 aromatic heterocycles. The normalized spacial score (nSPS) is 12.8. The Labute approximate surface area is 185 Å². The van der Waals surface area contributed by atoms with Gasteiger partial charge in [0.15, 0.2) is 0 Å². The Balaban J connectivity index is 2.19. The number of aromatic nitrogens is 2. The fourth-order valence-electron chi connectivity index (χ4n) is 3.38. The van der Waals surface area contributed by atoms with Crippen LogP contribution < -0.4 is 10.3 Å². The number of aryl methyl sites for hydroxylation is 1. The fourth-order valence-corrected chi connectivity index (χ4v) is 3.74. The summed E-state index contributed by atoms with van der Waals surface area (Å²) >= 11 is 3.45. The van der Waals surface area contributed by atoms with Crippen LogP contribution >= 0.6 is 15.9 Å². The summed E-state index contributed by atoms with van der Waals surface area (Å²) < 4.78 is 7.82. The summed E-state index contributed by atoms with van der Waals surface area (Å²) in [6, 6.07) is 9.67. The Hall–Kier alpha value is -2.47. The van der Waals surface area contributed by atoms with E-state index in [1.807, 2.05) is 25.1 Å². The van der Waals surface area contributed by atoms with E-state index in [4.69, 9.17) is 9.72 Å². The van der Waals surface area contributed by atoms with Gasteiger partial charge in [0.2, 0.25) is 0 Å². The van der Waals surface area contributed by atoms with Gasteiger partial charge in [0.05, 0.1) is 24.2 Å². The van der Waals surface area contributed by atoms with E-state index in [0.29, 0.717) is 22.6 Å². The molecule has 0 aliphatic rings. The molecule has 0 unspecified atom stereocenters. The molecule has 5 nitrogen and oxygen atoms in total. The topological polar surface area (TPSA) is 56.5 Å². The lowest BCUT2D eigenvalue weighted by atomic mass is 9.97. The minimum Gasteiger partial charge on any atom is -0.496 e. The molecule has 2 aromatic carbocycles. The lowest BCUT2D eigenvalue weighted by molar-refractivity contribution is 0.407. The summed E-state index contributed by atoms with van der Waals surface area (Å²) in [5, 5.41) is 5.15. The van der Waals surface area contributed by atoms with Crippen LogP contribution in [0.1, 0.15) is 68.5 Å². The van der Waals surface area contributed by atoms with Crippen molar-refractivity contribution < 1.29 is 4.74 Å². The van der Waals surface area contributed by atoms with Gasteiger partial charge in [-0.25, -0.2) is 4.98 Å². The van der Waals surface area contributed by atoms with Crippen molar-refractivity contribution in [3.63, 3.8) is 0 Å². The summed E-state index contributed by atoms with van der Waals surface area (Å²) in [6.45, 7) is 10.4. The highest BCUT2D eigenvalue weighted by atomic mass is 79.9. The van der Waals surface area contributed by atoms with Crippen LogP contribution in [-0.2, 0) is 0 Å². The van der Waals surface area contributed by atoms with Gasteiger partial charge in [0, 0.05) is 10.4 Å². The van der Waals surface area contributed by atoms with Crippen molar-refractivity contribution in [2.45, 2.75) is 52.9 Å². The number of fused-ring (bicyclic) bond motifs is 1. The first-order valence-corrected chi connectivity index (χ1v) is 11.0. The van der Waals surface area contributed by atoms with Gasteiger partial charge in [-0.05, 0) is 66.3 Å². The minimum absolute atomic E-state index is 0.103. The quantitative estimate of drug-likeness (QED) is 0.416. The Morgan fingerprint density at radius 2 is 1.97 bits per heavy atom. The van der Waals surface area contributed by atoms with Crippen LogP contribution in [0.5, 0.6) is 5.75 Å². The molecule has 0 N–H and O–H groups in total. The molecule has 0 radical (unpaired) electrons. The van der Waals surface area contributed by atoms with Crippen molar-refractivity contribution in [3.05, 3.63) is 67.7 Å².